The number of aryl methyl sites for hydroxylation is 2. The van der Waals surface area contributed by atoms with Gasteiger partial charge in [0, 0.05) is 19.5 Å². The summed E-state index contributed by atoms with van der Waals surface area (Å²) in [4.78, 5) is 44.0. The highest BCUT2D eigenvalue weighted by Gasteiger charge is 2.40. The third kappa shape index (κ3) is 3.76. The number of esters is 1. The van der Waals surface area contributed by atoms with Gasteiger partial charge in [0.1, 0.15) is 12.4 Å². The zero-order valence-electron chi connectivity index (χ0n) is 17.3. The molecule has 3 atom stereocenters. The highest BCUT2D eigenvalue weighted by atomic mass is 16.5. The van der Waals surface area contributed by atoms with E-state index in [2.05, 4.69) is 9.97 Å². The first kappa shape index (κ1) is 19.9. The van der Waals surface area contributed by atoms with Crippen molar-refractivity contribution < 1.29 is 9.53 Å². The lowest BCUT2D eigenvalue weighted by Crippen LogP contribution is -2.31. The van der Waals surface area contributed by atoms with Crippen LogP contribution in [0.25, 0.3) is 11.2 Å². The number of aromatic nitrogens is 4. The number of aromatic amines is 1. The molecule has 8 nitrogen and oxygen atoms in total. The van der Waals surface area contributed by atoms with E-state index < -0.39 is 11.2 Å². The van der Waals surface area contributed by atoms with Crippen LogP contribution in [0, 0.1) is 17.8 Å². The number of nitrogens with one attached hydrogen (secondary N) is 1. The van der Waals surface area contributed by atoms with Crippen LogP contribution in [-0.4, -0.2) is 25.1 Å². The highest BCUT2D eigenvalue weighted by molar-refractivity contribution is 5.72. The number of imidazole rings is 1. The number of carbonyl (C=O) groups is 1. The Morgan fingerprint density at radius 3 is 2.69 bits per heavy atom. The predicted molar refractivity (Wildman–Crippen MR) is 109 cm³/mol. The van der Waals surface area contributed by atoms with Crippen molar-refractivity contribution in [1.82, 2.24) is 19.1 Å². The third-order valence-electron chi connectivity index (χ3n) is 6.69. The molecule has 4 rings (SSSR count). The maximum Gasteiger partial charge on any atom is 0.330 e. The number of unbranched alkanes of at least 4 members (excludes halogenated alkanes) is 1. The topological polar surface area (TPSA) is 99.0 Å². The first-order valence-electron chi connectivity index (χ1n) is 10.9. The third-order valence-corrected chi connectivity index (χ3v) is 6.69. The molecular weight excluding hydrogens is 372 g/mol. The number of carbonyl (C=O) groups excluding carboxylic acids is 1. The van der Waals surface area contributed by atoms with Crippen LogP contribution in [-0.2, 0) is 29.2 Å². The van der Waals surface area contributed by atoms with Gasteiger partial charge in [0.2, 0.25) is 0 Å². The molecule has 29 heavy (non-hydrogen) atoms. The van der Waals surface area contributed by atoms with Gasteiger partial charge >= 0.3 is 11.7 Å². The van der Waals surface area contributed by atoms with Crippen LogP contribution in [0.2, 0.25) is 0 Å². The summed E-state index contributed by atoms with van der Waals surface area (Å²) in [5, 5.41) is 0. The molecule has 2 aromatic heterocycles. The van der Waals surface area contributed by atoms with Gasteiger partial charge in [-0.3, -0.25) is 19.1 Å². The van der Waals surface area contributed by atoms with Crippen molar-refractivity contribution in [3.8, 4) is 0 Å². The molecule has 8 heteroatoms. The molecule has 0 unspecified atom stereocenters. The van der Waals surface area contributed by atoms with Gasteiger partial charge in [-0.05, 0) is 50.4 Å². The molecule has 2 aliphatic rings. The zero-order chi connectivity index (χ0) is 20.5. The van der Waals surface area contributed by atoms with Crippen molar-refractivity contribution in [3.63, 3.8) is 0 Å². The second-order valence-corrected chi connectivity index (χ2v) is 8.51. The van der Waals surface area contributed by atoms with E-state index in [1.54, 1.807) is 4.57 Å². The Labute approximate surface area is 169 Å². The van der Waals surface area contributed by atoms with Crippen molar-refractivity contribution in [3.05, 3.63) is 26.7 Å². The molecule has 2 heterocycles. The van der Waals surface area contributed by atoms with Gasteiger partial charge in [-0.2, -0.15) is 0 Å². The minimum atomic E-state index is -0.452. The number of fused-ring (bicyclic) bond motifs is 3. The second-order valence-electron chi connectivity index (χ2n) is 8.51. The lowest BCUT2D eigenvalue weighted by atomic mass is 9.86. The van der Waals surface area contributed by atoms with E-state index in [4.69, 9.17) is 4.74 Å². The van der Waals surface area contributed by atoms with Gasteiger partial charge in [0.05, 0.1) is 0 Å². The summed E-state index contributed by atoms with van der Waals surface area (Å²) < 4.78 is 8.78. The molecule has 2 aliphatic carbocycles. The number of rotatable bonds is 8. The Morgan fingerprint density at radius 1 is 1.21 bits per heavy atom. The first-order chi connectivity index (χ1) is 14.0. The Morgan fingerprint density at radius 2 is 2.03 bits per heavy atom. The molecule has 2 fully saturated rings. The fourth-order valence-electron chi connectivity index (χ4n) is 5.24. The van der Waals surface area contributed by atoms with Crippen LogP contribution in [0.15, 0.2) is 9.59 Å². The summed E-state index contributed by atoms with van der Waals surface area (Å²) in [6.45, 7) is 4.96. The van der Waals surface area contributed by atoms with E-state index in [0.29, 0.717) is 48.3 Å². The van der Waals surface area contributed by atoms with Gasteiger partial charge < -0.3 is 9.30 Å². The number of nitrogens with zero attached hydrogens (tertiary/aromatic N) is 3. The van der Waals surface area contributed by atoms with E-state index in [-0.39, 0.29) is 12.6 Å². The van der Waals surface area contributed by atoms with Crippen LogP contribution in [0.3, 0.4) is 0 Å². The fourth-order valence-corrected chi connectivity index (χ4v) is 5.24. The lowest BCUT2D eigenvalue weighted by molar-refractivity contribution is -0.146. The van der Waals surface area contributed by atoms with Crippen LogP contribution >= 0.6 is 0 Å². The molecule has 2 saturated carbocycles. The molecule has 0 saturated heterocycles. The van der Waals surface area contributed by atoms with Crippen molar-refractivity contribution in [2.75, 3.05) is 0 Å². The van der Waals surface area contributed by atoms with Crippen LogP contribution in [0.5, 0.6) is 0 Å². The monoisotopic (exact) mass is 402 g/mol. The molecule has 0 radical (unpaired) electrons. The molecule has 2 aromatic rings. The number of hydrogen-bond donors (Lipinski definition) is 1. The Bertz CT molecular complexity index is 1020. The van der Waals surface area contributed by atoms with E-state index >= 15 is 0 Å². The number of ether oxygens (including phenoxy) is 1. The van der Waals surface area contributed by atoms with Gasteiger partial charge in [-0.25, -0.2) is 9.78 Å². The van der Waals surface area contributed by atoms with E-state index in [1.807, 2.05) is 13.8 Å². The van der Waals surface area contributed by atoms with Gasteiger partial charge in [0.25, 0.3) is 5.56 Å². The Balaban J connectivity index is 1.53. The number of H-pyrrole nitrogens is 1. The Hall–Kier alpha value is -2.38. The smallest absolute Gasteiger partial charge is 0.330 e. The standard InChI is InChI=1S/C21H30N4O4/c1-3-5-8-25-19-18(20(27)23-21(25)28)24(4-2)16(22-19)12-29-17(26)11-15-10-13-6-7-14(15)9-13/h13-15H,3-12H2,1-2H3,(H,23,27,28)/t13-,14-,15-/m1/s1. The number of hydrogen-bond acceptors (Lipinski definition) is 5. The predicted octanol–water partition coefficient (Wildman–Crippen LogP) is 2.58. The fraction of sp³-hybridized carbons (Fsp3) is 0.714. The van der Waals surface area contributed by atoms with Crippen LogP contribution < -0.4 is 11.2 Å². The molecule has 0 amide bonds. The van der Waals surface area contributed by atoms with E-state index in [9.17, 15) is 14.4 Å². The normalized spacial score (nSPS) is 23.2. The average molecular weight is 402 g/mol. The molecule has 0 aliphatic heterocycles. The minimum absolute atomic E-state index is 0.0174. The van der Waals surface area contributed by atoms with E-state index in [1.165, 1.54) is 23.8 Å². The van der Waals surface area contributed by atoms with Gasteiger partial charge in [0.15, 0.2) is 11.2 Å². The molecule has 2 bridgehead atoms. The van der Waals surface area contributed by atoms with Gasteiger partial charge in [-0.1, -0.05) is 19.8 Å². The maximum atomic E-state index is 12.4. The van der Waals surface area contributed by atoms with Crippen molar-refractivity contribution in [2.24, 2.45) is 17.8 Å². The largest absolute Gasteiger partial charge is 0.457 e. The summed E-state index contributed by atoms with van der Waals surface area (Å²) in [5.41, 5.74) is -0.168. The molecule has 0 spiro atoms. The molecule has 158 valence electrons. The quantitative estimate of drug-likeness (QED) is 0.684. The molecule has 1 N–H and O–H groups in total. The average Bonchev–Trinajstić information content (AvgIpc) is 3.40. The summed E-state index contributed by atoms with van der Waals surface area (Å²) in [7, 11) is 0. The second kappa shape index (κ2) is 8.16. The van der Waals surface area contributed by atoms with Crippen LogP contribution in [0.1, 0.15) is 64.6 Å². The molecular formula is C21H30N4O4. The lowest BCUT2D eigenvalue weighted by Gasteiger charge is -2.20. The van der Waals surface area contributed by atoms with E-state index in [0.717, 1.165) is 25.2 Å². The zero-order valence-corrected chi connectivity index (χ0v) is 17.3. The van der Waals surface area contributed by atoms with Crippen molar-refractivity contribution in [1.29, 1.82) is 0 Å². The SMILES string of the molecule is CCCCn1c(=O)[nH]c(=O)c2c1nc(COC(=O)C[C@H]1C[C@@H]3CC[C@@H]1C3)n2CC. The molecule has 0 aromatic carbocycles. The highest BCUT2D eigenvalue weighted by Crippen LogP contribution is 2.49. The minimum Gasteiger partial charge on any atom is -0.457 e. The maximum absolute atomic E-state index is 12.4. The van der Waals surface area contributed by atoms with Gasteiger partial charge in [-0.15, -0.1) is 0 Å². The van der Waals surface area contributed by atoms with Crippen molar-refractivity contribution in [2.45, 2.75) is 78.5 Å². The summed E-state index contributed by atoms with van der Waals surface area (Å²) in [6, 6.07) is 0. The van der Waals surface area contributed by atoms with Crippen molar-refractivity contribution >= 4 is 17.1 Å². The summed E-state index contributed by atoms with van der Waals surface area (Å²) in [5.74, 6) is 2.24. The summed E-state index contributed by atoms with van der Waals surface area (Å²) in [6.07, 6.45) is 7.17. The van der Waals surface area contributed by atoms with Crippen LogP contribution in [0.4, 0.5) is 0 Å². The Kier molecular flexibility index (Phi) is 5.61. The summed E-state index contributed by atoms with van der Waals surface area (Å²) >= 11 is 0. The first-order valence-corrected chi connectivity index (χ1v) is 10.9.